The van der Waals surface area contributed by atoms with Gasteiger partial charge in [0.05, 0.1) is 19.2 Å². The molecule has 1 atom stereocenters. The topological polar surface area (TPSA) is 102 Å². The van der Waals surface area contributed by atoms with Crippen LogP contribution in [-0.2, 0) is 23.8 Å². The first-order valence-corrected chi connectivity index (χ1v) is 10.8. The number of methoxy groups -OCH3 is 1. The summed E-state index contributed by atoms with van der Waals surface area (Å²) in [6, 6.07) is 8.45. The summed E-state index contributed by atoms with van der Waals surface area (Å²) in [5, 5.41) is 4.29. The van der Waals surface area contributed by atoms with Gasteiger partial charge in [-0.15, -0.1) is 5.10 Å². The molecule has 0 aliphatic rings. The SMILES string of the molecule is CCOC(Oc1nn(-c2ccccc2F)c(-c2ccc(F)nc2)c1Br)C(=O)OCCC(=O)OC. The minimum atomic E-state index is -1.53. The molecule has 180 valence electrons. The number of rotatable bonds is 10. The number of hydrogen-bond donors (Lipinski definition) is 0. The zero-order valence-corrected chi connectivity index (χ0v) is 19.8. The van der Waals surface area contributed by atoms with Crippen molar-refractivity contribution in [1.29, 1.82) is 0 Å². The Bertz CT molecular complexity index is 1160. The summed E-state index contributed by atoms with van der Waals surface area (Å²) in [5.74, 6) is -2.84. The van der Waals surface area contributed by atoms with E-state index >= 15 is 0 Å². The van der Waals surface area contributed by atoms with E-state index in [2.05, 4.69) is 30.7 Å². The van der Waals surface area contributed by atoms with E-state index in [9.17, 15) is 18.4 Å². The van der Waals surface area contributed by atoms with E-state index in [1.807, 2.05) is 0 Å². The highest BCUT2D eigenvalue weighted by Gasteiger charge is 2.28. The molecule has 3 aromatic rings. The number of hydrogen-bond acceptors (Lipinski definition) is 8. The maximum Gasteiger partial charge on any atom is 0.376 e. The number of nitrogens with zero attached hydrogens (tertiary/aromatic N) is 3. The fourth-order valence-corrected chi connectivity index (χ4v) is 3.39. The predicted molar refractivity (Wildman–Crippen MR) is 118 cm³/mol. The highest BCUT2D eigenvalue weighted by molar-refractivity contribution is 9.10. The van der Waals surface area contributed by atoms with Crippen LogP contribution in [-0.4, -0.2) is 53.3 Å². The second-order valence-corrected chi connectivity index (χ2v) is 7.39. The van der Waals surface area contributed by atoms with Crippen LogP contribution in [0.25, 0.3) is 16.9 Å². The van der Waals surface area contributed by atoms with E-state index in [0.717, 1.165) is 6.07 Å². The smallest absolute Gasteiger partial charge is 0.376 e. The number of carbonyl (C=O) groups excluding carboxylic acids is 2. The molecule has 0 saturated heterocycles. The molecule has 1 unspecified atom stereocenters. The van der Waals surface area contributed by atoms with Crippen molar-refractivity contribution < 1.29 is 37.3 Å². The van der Waals surface area contributed by atoms with Gasteiger partial charge in [0.1, 0.15) is 22.6 Å². The molecule has 0 saturated carbocycles. The minimum absolute atomic E-state index is 0.0750. The Morgan fingerprint density at radius 2 is 1.94 bits per heavy atom. The quantitative estimate of drug-likeness (QED) is 0.217. The zero-order chi connectivity index (χ0) is 24.7. The number of pyridine rings is 1. The Kier molecular flexibility index (Phi) is 8.66. The molecule has 0 fully saturated rings. The van der Waals surface area contributed by atoms with Crippen molar-refractivity contribution in [3.63, 3.8) is 0 Å². The Hall–Kier alpha value is -3.38. The van der Waals surface area contributed by atoms with Gasteiger partial charge in [-0.2, -0.15) is 4.39 Å². The highest BCUT2D eigenvalue weighted by Crippen LogP contribution is 2.38. The third-order valence-electron chi connectivity index (χ3n) is 4.39. The Labute approximate surface area is 201 Å². The molecule has 2 aromatic heterocycles. The lowest BCUT2D eigenvalue weighted by Gasteiger charge is -2.16. The average molecular weight is 540 g/mol. The zero-order valence-electron chi connectivity index (χ0n) is 18.2. The van der Waals surface area contributed by atoms with Crippen LogP contribution in [0.2, 0.25) is 0 Å². The van der Waals surface area contributed by atoms with Crippen molar-refractivity contribution in [2.45, 2.75) is 19.6 Å². The lowest BCUT2D eigenvalue weighted by molar-refractivity contribution is -0.178. The molecule has 0 radical (unpaired) electrons. The van der Waals surface area contributed by atoms with Crippen LogP contribution in [0.1, 0.15) is 13.3 Å². The molecule has 0 aliphatic carbocycles. The first-order valence-electron chi connectivity index (χ1n) is 10.0. The van der Waals surface area contributed by atoms with Gasteiger partial charge >= 0.3 is 18.2 Å². The van der Waals surface area contributed by atoms with E-state index in [0.29, 0.717) is 11.3 Å². The molecule has 0 aliphatic heterocycles. The van der Waals surface area contributed by atoms with Gasteiger partial charge in [0, 0.05) is 18.4 Å². The van der Waals surface area contributed by atoms with Gasteiger partial charge in [-0.3, -0.25) is 4.79 Å². The standard InChI is InChI=1S/C22H20BrF2N3O6/c1-3-32-22(21(30)33-11-10-17(29)31-2)34-20-18(23)19(13-8-9-16(25)26-12-13)28(27-20)15-7-5-4-6-14(15)24/h4-9,12,22H,3,10-11H2,1-2H3. The van der Waals surface area contributed by atoms with E-state index in [1.165, 1.54) is 42.3 Å². The maximum absolute atomic E-state index is 14.6. The summed E-state index contributed by atoms with van der Waals surface area (Å²) < 4.78 is 49.9. The molecular weight excluding hydrogens is 520 g/mol. The van der Waals surface area contributed by atoms with E-state index in [4.69, 9.17) is 14.2 Å². The Balaban J connectivity index is 1.96. The van der Waals surface area contributed by atoms with Crippen LogP contribution >= 0.6 is 15.9 Å². The third kappa shape index (κ3) is 5.94. The molecule has 9 nitrogen and oxygen atoms in total. The lowest BCUT2D eigenvalue weighted by Crippen LogP contribution is -2.33. The van der Waals surface area contributed by atoms with Crippen LogP contribution in [0.5, 0.6) is 5.88 Å². The Morgan fingerprint density at radius 3 is 2.59 bits per heavy atom. The normalized spacial score (nSPS) is 11.7. The molecule has 12 heteroatoms. The first-order chi connectivity index (χ1) is 16.3. The second-order valence-electron chi connectivity index (χ2n) is 6.60. The number of carbonyl (C=O) groups is 2. The van der Waals surface area contributed by atoms with Gasteiger partial charge in [-0.1, -0.05) is 12.1 Å². The summed E-state index contributed by atoms with van der Waals surface area (Å²) in [6.45, 7) is 1.49. The summed E-state index contributed by atoms with van der Waals surface area (Å²) in [6.07, 6.45) is -0.421. The van der Waals surface area contributed by atoms with Crippen molar-refractivity contribution in [3.05, 3.63) is 58.8 Å². The van der Waals surface area contributed by atoms with Crippen molar-refractivity contribution in [3.8, 4) is 22.8 Å². The van der Waals surface area contributed by atoms with E-state index in [1.54, 1.807) is 13.0 Å². The lowest BCUT2D eigenvalue weighted by atomic mass is 10.2. The summed E-state index contributed by atoms with van der Waals surface area (Å²) in [7, 11) is 1.22. The van der Waals surface area contributed by atoms with Crippen LogP contribution in [0.15, 0.2) is 47.1 Å². The molecule has 0 N–H and O–H groups in total. The maximum atomic E-state index is 14.6. The van der Waals surface area contributed by atoms with Crippen LogP contribution < -0.4 is 4.74 Å². The highest BCUT2D eigenvalue weighted by atomic mass is 79.9. The average Bonchev–Trinajstić information content (AvgIpc) is 3.15. The number of esters is 2. The van der Waals surface area contributed by atoms with Crippen LogP contribution in [0.3, 0.4) is 0 Å². The van der Waals surface area contributed by atoms with Crippen LogP contribution in [0.4, 0.5) is 8.78 Å². The van der Waals surface area contributed by atoms with E-state index in [-0.39, 0.29) is 35.7 Å². The number of halogens is 3. The van der Waals surface area contributed by atoms with Gasteiger partial charge in [0.2, 0.25) is 5.95 Å². The van der Waals surface area contributed by atoms with Crippen molar-refractivity contribution >= 4 is 27.9 Å². The minimum Gasteiger partial charge on any atom is -0.469 e. The number of aromatic nitrogens is 3. The molecule has 0 spiro atoms. The molecular formula is C22H20BrF2N3O6. The summed E-state index contributed by atoms with van der Waals surface area (Å²) >= 11 is 3.37. The monoisotopic (exact) mass is 539 g/mol. The van der Waals surface area contributed by atoms with Crippen molar-refractivity contribution in [2.24, 2.45) is 0 Å². The number of para-hydroxylation sites is 1. The van der Waals surface area contributed by atoms with Crippen molar-refractivity contribution in [1.82, 2.24) is 14.8 Å². The third-order valence-corrected chi connectivity index (χ3v) is 5.10. The fraction of sp³-hybridized carbons (Fsp3) is 0.273. The molecule has 3 rings (SSSR count). The summed E-state index contributed by atoms with van der Waals surface area (Å²) in [4.78, 5) is 27.3. The van der Waals surface area contributed by atoms with Gasteiger partial charge < -0.3 is 18.9 Å². The molecule has 0 amide bonds. The second kappa shape index (κ2) is 11.7. The first kappa shape index (κ1) is 25.2. The molecule has 2 heterocycles. The predicted octanol–water partition coefficient (Wildman–Crippen LogP) is 3.82. The van der Waals surface area contributed by atoms with Crippen molar-refractivity contribution in [2.75, 3.05) is 20.3 Å². The largest absolute Gasteiger partial charge is 0.469 e. The van der Waals surface area contributed by atoms with E-state index < -0.39 is 30.0 Å². The number of benzene rings is 1. The fourth-order valence-electron chi connectivity index (χ4n) is 2.83. The van der Waals surface area contributed by atoms with Gasteiger partial charge in [0.25, 0.3) is 5.88 Å². The summed E-state index contributed by atoms with van der Waals surface area (Å²) in [5.41, 5.74) is 0.764. The number of ether oxygens (including phenoxy) is 4. The van der Waals surface area contributed by atoms with Gasteiger partial charge in [-0.25, -0.2) is 18.9 Å². The van der Waals surface area contributed by atoms with Gasteiger partial charge in [0.15, 0.2) is 0 Å². The molecule has 0 bridgehead atoms. The molecule has 34 heavy (non-hydrogen) atoms. The van der Waals surface area contributed by atoms with Gasteiger partial charge in [-0.05, 0) is 47.1 Å². The van der Waals surface area contributed by atoms with Crippen LogP contribution in [0, 0.1) is 11.8 Å². The Morgan fingerprint density at radius 1 is 1.18 bits per heavy atom. The molecule has 1 aromatic carbocycles.